The number of hydrogen-bond acceptors (Lipinski definition) is 3. The maximum atomic E-state index is 11.5. The summed E-state index contributed by atoms with van der Waals surface area (Å²) in [5.74, 6) is 0.543. The average molecular weight is 354 g/mol. The summed E-state index contributed by atoms with van der Waals surface area (Å²) in [6.45, 7) is 11.1. The molecule has 0 bridgehead atoms. The zero-order valence-electron chi connectivity index (χ0n) is 11.4. The first kappa shape index (κ1) is 15.1. The lowest BCUT2D eigenvalue weighted by Crippen LogP contribution is -2.42. The summed E-state index contributed by atoms with van der Waals surface area (Å²) in [6, 6.07) is 0. The molecule has 1 rings (SSSR count). The molecular weight excluding hydrogens is 331 g/mol. The SMILES string of the molecule is CCOC(=O)OC1CC(C)C(C)(C)C1(C)CI. The summed E-state index contributed by atoms with van der Waals surface area (Å²) < 4.78 is 11.4. The Labute approximate surface area is 118 Å². The molecule has 1 saturated carbocycles. The lowest BCUT2D eigenvalue weighted by Gasteiger charge is -2.41. The van der Waals surface area contributed by atoms with Gasteiger partial charge in [-0.1, -0.05) is 50.3 Å². The van der Waals surface area contributed by atoms with Crippen LogP contribution in [-0.4, -0.2) is 23.3 Å². The van der Waals surface area contributed by atoms with Gasteiger partial charge in [0.25, 0.3) is 0 Å². The van der Waals surface area contributed by atoms with E-state index in [0.29, 0.717) is 12.5 Å². The molecule has 0 N–H and O–H groups in total. The van der Waals surface area contributed by atoms with Gasteiger partial charge >= 0.3 is 6.16 Å². The number of carbonyl (C=O) groups excluding carboxylic acids is 1. The van der Waals surface area contributed by atoms with Crippen LogP contribution in [0.1, 0.15) is 41.0 Å². The number of carbonyl (C=O) groups is 1. The summed E-state index contributed by atoms with van der Waals surface area (Å²) in [7, 11) is 0. The Morgan fingerprint density at radius 2 is 2.00 bits per heavy atom. The molecule has 0 aromatic carbocycles. The van der Waals surface area contributed by atoms with E-state index in [4.69, 9.17) is 9.47 Å². The molecule has 3 nitrogen and oxygen atoms in total. The Morgan fingerprint density at radius 3 is 2.47 bits per heavy atom. The maximum Gasteiger partial charge on any atom is 0.508 e. The van der Waals surface area contributed by atoms with Crippen LogP contribution in [0.5, 0.6) is 0 Å². The molecule has 0 spiro atoms. The number of halogens is 1. The molecule has 0 aliphatic heterocycles. The van der Waals surface area contributed by atoms with Gasteiger partial charge in [0.05, 0.1) is 6.61 Å². The fourth-order valence-corrected chi connectivity index (χ4v) is 4.03. The normalized spacial score (nSPS) is 35.6. The first-order valence-electron chi connectivity index (χ1n) is 6.19. The summed E-state index contributed by atoms with van der Waals surface area (Å²) in [6.07, 6.45) is 0.354. The van der Waals surface area contributed by atoms with Crippen LogP contribution in [-0.2, 0) is 9.47 Å². The molecule has 17 heavy (non-hydrogen) atoms. The van der Waals surface area contributed by atoms with Gasteiger partial charge in [-0.05, 0) is 24.7 Å². The van der Waals surface area contributed by atoms with E-state index < -0.39 is 6.16 Å². The van der Waals surface area contributed by atoms with Gasteiger partial charge < -0.3 is 9.47 Å². The first-order chi connectivity index (χ1) is 7.79. The minimum atomic E-state index is -0.529. The van der Waals surface area contributed by atoms with E-state index in [1.54, 1.807) is 6.92 Å². The zero-order chi connectivity index (χ0) is 13.3. The lowest BCUT2D eigenvalue weighted by atomic mass is 9.67. The van der Waals surface area contributed by atoms with E-state index in [9.17, 15) is 4.79 Å². The van der Waals surface area contributed by atoms with Crippen molar-refractivity contribution in [3.05, 3.63) is 0 Å². The van der Waals surface area contributed by atoms with E-state index in [0.717, 1.165) is 10.8 Å². The number of alkyl halides is 1. The van der Waals surface area contributed by atoms with E-state index in [1.807, 2.05) is 0 Å². The van der Waals surface area contributed by atoms with Gasteiger partial charge in [-0.2, -0.15) is 0 Å². The van der Waals surface area contributed by atoms with Gasteiger partial charge in [0.1, 0.15) is 6.10 Å². The molecular formula is C13H23IO3. The van der Waals surface area contributed by atoms with Crippen molar-refractivity contribution in [1.29, 1.82) is 0 Å². The van der Waals surface area contributed by atoms with Crippen molar-refractivity contribution in [3.63, 3.8) is 0 Å². The van der Waals surface area contributed by atoms with Crippen molar-refractivity contribution >= 4 is 28.7 Å². The molecule has 0 aromatic heterocycles. The smallest absolute Gasteiger partial charge is 0.435 e. The lowest BCUT2D eigenvalue weighted by molar-refractivity contribution is -0.0285. The summed E-state index contributed by atoms with van der Waals surface area (Å²) in [5, 5.41) is 0. The van der Waals surface area contributed by atoms with Crippen molar-refractivity contribution in [2.45, 2.75) is 47.1 Å². The van der Waals surface area contributed by atoms with Crippen molar-refractivity contribution in [1.82, 2.24) is 0 Å². The summed E-state index contributed by atoms with van der Waals surface area (Å²) in [5.41, 5.74) is 0.186. The molecule has 0 amide bonds. The van der Waals surface area contributed by atoms with Gasteiger partial charge in [0.2, 0.25) is 0 Å². The van der Waals surface area contributed by atoms with Crippen LogP contribution >= 0.6 is 22.6 Å². The molecule has 0 saturated heterocycles. The monoisotopic (exact) mass is 354 g/mol. The van der Waals surface area contributed by atoms with E-state index >= 15 is 0 Å². The summed E-state index contributed by atoms with van der Waals surface area (Å²) in [4.78, 5) is 11.5. The van der Waals surface area contributed by atoms with Crippen LogP contribution in [0.2, 0.25) is 0 Å². The van der Waals surface area contributed by atoms with E-state index in [2.05, 4.69) is 50.3 Å². The number of hydrogen-bond donors (Lipinski definition) is 0. The molecule has 1 aliphatic rings. The second-order valence-corrected chi connectivity index (χ2v) is 6.46. The number of rotatable bonds is 3. The van der Waals surface area contributed by atoms with Crippen LogP contribution in [0.25, 0.3) is 0 Å². The van der Waals surface area contributed by atoms with Crippen molar-refractivity contribution in [2.75, 3.05) is 11.0 Å². The van der Waals surface area contributed by atoms with Crippen LogP contribution in [0.3, 0.4) is 0 Å². The third-order valence-electron chi connectivity index (χ3n) is 4.76. The highest BCUT2D eigenvalue weighted by Gasteiger charge is 2.57. The minimum absolute atomic E-state index is 0.0136. The van der Waals surface area contributed by atoms with Gasteiger partial charge in [0.15, 0.2) is 0 Å². The zero-order valence-corrected chi connectivity index (χ0v) is 13.5. The minimum Gasteiger partial charge on any atom is -0.435 e. The standard InChI is InChI=1S/C13H23IO3/c1-6-16-11(15)17-10-7-9(2)12(3,4)13(10,5)8-14/h9-10H,6-8H2,1-5H3. The van der Waals surface area contributed by atoms with Gasteiger partial charge in [-0.3, -0.25) is 0 Å². The molecule has 3 unspecified atom stereocenters. The summed E-state index contributed by atoms with van der Waals surface area (Å²) >= 11 is 2.39. The molecule has 4 heteroatoms. The third kappa shape index (κ3) is 2.56. The largest absolute Gasteiger partial charge is 0.508 e. The van der Waals surface area contributed by atoms with Crippen molar-refractivity contribution in [2.24, 2.45) is 16.7 Å². The first-order valence-corrected chi connectivity index (χ1v) is 7.71. The Kier molecular flexibility index (Phi) is 4.72. The highest BCUT2D eigenvalue weighted by atomic mass is 127. The predicted octanol–water partition coefficient (Wildman–Crippen LogP) is 4.04. The van der Waals surface area contributed by atoms with Gasteiger partial charge in [0, 0.05) is 9.84 Å². The van der Waals surface area contributed by atoms with Gasteiger partial charge in [-0.15, -0.1) is 0 Å². The van der Waals surface area contributed by atoms with Gasteiger partial charge in [-0.25, -0.2) is 4.79 Å². The van der Waals surface area contributed by atoms with Crippen LogP contribution < -0.4 is 0 Å². The van der Waals surface area contributed by atoms with Crippen molar-refractivity contribution in [3.8, 4) is 0 Å². The molecule has 3 atom stereocenters. The maximum absolute atomic E-state index is 11.5. The fraction of sp³-hybridized carbons (Fsp3) is 0.923. The van der Waals surface area contributed by atoms with Crippen molar-refractivity contribution < 1.29 is 14.3 Å². The van der Waals surface area contributed by atoms with E-state index in [1.165, 1.54) is 0 Å². The predicted molar refractivity (Wildman–Crippen MR) is 76.5 cm³/mol. The molecule has 1 fully saturated rings. The topological polar surface area (TPSA) is 35.5 Å². The van der Waals surface area contributed by atoms with Crippen LogP contribution in [0.4, 0.5) is 4.79 Å². The second-order valence-electron chi connectivity index (χ2n) is 5.70. The Balaban J connectivity index is 2.83. The highest BCUT2D eigenvalue weighted by Crippen LogP contribution is 2.57. The average Bonchev–Trinajstić information content (AvgIpc) is 2.41. The van der Waals surface area contributed by atoms with Crippen LogP contribution in [0.15, 0.2) is 0 Å². The number of ether oxygens (including phenoxy) is 2. The third-order valence-corrected chi connectivity index (χ3v) is 6.35. The fourth-order valence-electron chi connectivity index (χ4n) is 2.56. The Morgan fingerprint density at radius 1 is 1.41 bits per heavy atom. The van der Waals surface area contributed by atoms with E-state index in [-0.39, 0.29) is 16.9 Å². The molecule has 0 heterocycles. The molecule has 1 aliphatic carbocycles. The van der Waals surface area contributed by atoms with Crippen LogP contribution in [0, 0.1) is 16.7 Å². The highest BCUT2D eigenvalue weighted by molar-refractivity contribution is 14.1. The molecule has 100 valence electrons. The Bertz CT molecular complexity index is 290. The molecule has 0 radical (unpaired) electrons. The Hall–Kier alpha value is 0. The molecule has 0 aromatic rings. The second kappa shape index (κ2) is 5.33. The quantitative estimate of drug-likeness (QED) is 0.436.